The highest BCUT2D eigenvalue weighted by molar-refractivity contribution is 5.45. The van der Waals surface area contributed by atoms with Crippen LogP contribution in [-0.2, 0) is 4.79 Å². The van der Waals surface area contributed by atoms with Gasteiger partial charge in [-0.15, -0.1) is 5.43 Å². The lowest BCUT2D eigenvalue weighted by Crippen LogP contribution is -2.36. The van der Waals surface area contributed by atoms with E-state index in [1.807, 2.05) is 0 Å². The van der Waals surface area contributed by atoms with Gasteiger partial charge in [-0.1, -0.05) is 0 Å². The first-order valence-electron chi connectivity index (χ1n) is 2.83. The second-order valence-corrected chi connectivity index (χ2v) is 1.84. The fourth-order valence-electron chi connectivity index (χ4n) is 0.742. The van der Waals surface area contributed by atoms with E-state index in [1.54, 1.807) is 0 Å². The highest BCUT2D eigenvalue weighted by atomic mass is 16.1. The minimum atomic E-state index is 0.777. The third kappa shape index (κ3) is 1.20. The number of carbonyl (C=O) groups excluding carboxylic acids is 1. The minimum absolute atomic E-state index is 0.777. The molecule has 1 heterocycles. The Morgan fingerprint density at radius 2 is 2.38 bits per heavy atom. The van der Waals surface area contributed by atoms with E-state index < -0.39 is 0 Å². The van der Waals surface area contributed by atoms with E-state index in [9.17, 15) is 4.79 Å². The first-order chi connectivity index (χ1) is 3.93. The Balaban J connectivity index is 2.22. The summed E-state index contributed by atoms with van der Waals surface area (Å²) >= 11 is 0. The van der Waals surface area contributed by atoms with Crippen molar-refractivity contribution in [2.45, 2.75) is 12.8 Å². The first kappa shape index (κ1) is 5.56. The van der Waals surface area contributed by atoms with E-state index >= 15 is 0 Å². The minimum Gasteiger partial charge on any atom is -0.277 e. The molecule has 1 aliphatic heterocycles. The Labute approximate surface area is 48.6 Å². The average molecular weight is 113 g/mol. The maximum atomic E-state index is 9.99. The van der Waals surface area contributed by atoms with Gasteiger partial charge in [0.25, 0.3) is 0 Å². The molecule has 0 spiro atoms. The predicted molar refractivity (Wildman–Crippen MR) is 29.0 cm³/mol. The highest BCUT2D eigenvalue weighted by Gasteiger charge is 2.06. The zero-order valence-electron chi connectivity index (χ0n) is 4.71. The highest BCUT2D eigenvalue weighted by Crippen LogP contribution is 1.96. The molecule has 1 saturated heterocycles. The molecule has 0 aliphatic carbocycles. The molecule has 0 aromatic heterocycles. The van der Waals surface area contributed by atoms with Crippen LogP contribution in [0.15, 0.2) is 0 Å². The summed E-state index contributed by atoms with van der Waals surface area (Å²) in [6.45, 7) is 1.63. The lowest BCUT2D eigenvalue weighted by atomic mass is 10.3. The molecule has 3 heteroatoms. The summed E-state index contributed by atoms with van der Waals surface area (Å²) in [5, 5.41) is 1.46. The predicted octanol–water partition coefficient (Wildman–Crippen LogP) is -0.242. The number of nitrogens with zero attached hydrogens (tertiary/aromatic N) is 2. The monoisotopic (exact) mass is 113 g/mol. The Kier molecular flexibility index (Phi) is 1.86. The summed E-state index contributed by atoms with van der Waals surface area (Å²) in [6, 6.07) is 0. The Morgan fingerprint density at radius 3 is 2.75 bits per heavy atom. The van der Waals surface area contributed by atoms with Crippen LogP contribution in [0.25, 0.3) is 0 Å². The first-order valence-corrected chi connectivity index (χ1v) is 2.83. The molecule has 8 heavy (non-hydrogen) atoms. The largest absolute Gasteiger partial charge is 0.277 e. The van der Waals surface area contributed by atoms with Crippen molar-refractivity contribution in [2.75, 3.05) is 13.1 Å². The molecule has 1 amide bonds. The van der Waals surface area contributed by atoms with Gasteiger partial charge >= 0.3 is 0 Å². The maximum Gasteiger partial charge on any atom is 0.225 e. The van der Waals surface area contributed by atoms with Crippen molar-refractivity contribution >= 4 is 6.41 Å². The van der Waals surface area contributed by atoms with Crippen LogP contribution in [0.1, 0.15) is 12.8 Å². The average Bonchev–Trinajstić information content (AvgIpc) is 1.90. The Morgan fingerprint density at radius 1 is 1.50 bits per heavy atom. The molecule has 3 nitrogen and oxygen atoms in total. The fourth-order valence-corrected chi connectivity index (χ4v) is 0.742. The molecule has 0 aromatic rings. The molecule has 0 N–H and O–H groups in total. The van der Waals surface area contributed by atoms with Crippen molar-refractivity contribution in [2.24, 2.45) is 0 Å². The van der Waals surface area contributed by atoms with Crippen molar-refractivity contribution < 1.29 is 4.79 Å². The molecule has 0 unspecified atom stereocenters. The topological polar surface area (TPSA) is 34.4 Å². The van der Waals surface area contributed by atoms with E-state index in [0.29, 0.717) is 0 Å². The molecule has 0 aromatic carbocycles. The summed E-state index contributed by atoms with van der Waals surface area (Å²) in [4.78, 5) is 9.99. The third-order valence-corrected chi connectivity index (χ3v) is 1.20. The summed E-state index contributed by atoms with van der Waals surface area (Å²) < 4.78 is 0. The Bertz CT molecular complexity index is 78.5. The van der Waals surface area contributed by atoms with Gasteiger partial charge in [-0.3, -0.25) is 9.80 Å². The van der Waals surface area contributed by atoms with Gasteiger partial charge in [-0.2, -0.15) is 0 Å². The van der Waals surface area contributed by atoms with E-state index in [2.05, 4.69) is 5.43 Å². The van der Waals surface area contributed by atoms with Gasteiger partial charge in [-0.05, 0) is 12.8 Å². The van der Waals surface area contributed by atoms with Gasteiger partial charge in [0, 0.05) is 13.1 Å². The Hall–Kier alpha value is -0.570. The van der Waals surface area contributed by atoms with Crippen LogP contribution in [0.5, 0.6) is 0 Å². The molecular weight excluding hydrogens is 104 g/mol. The smallest absolute Gasteiger partial charge is 0.225 e. The normalized spacial score (nSPS) is 20.8. The molecule has 0 atom stereocenters. The van der Waals surface area contributed by atoms with Crippen LogP contribution in [0, 0.1) is 0 Å². The molecule has 0 bridgehead atoms. The van der Waals surface area contributed by atoms with Crippen LogP contribution in [0.4, 0.5) is 0 Å². The fraction of sp³-hybridized carbons (Fsp3) is 0.800. The third-order valence-electron chi connectivity index (χ3n) is 1.20. The summed E-state index contributed by atoms with van der Waals surface area (Å²) in [5.74, 6) is 0. The van der Waals surface area contributed by atoms with Crippen molar-refractivity contribution in [3.63, 3.8) is 0 Å². The SMILES string of the molecule is O=CN1CCCC[N]1. The maximum absolute atomic E-state index is 9.99. The van der Waals surface area contributed by atoms with Crippen molar-refractivity contribution in [3.8, 4) is 0 Å². The summed E-state index contributed by atoms with van der Waals surface area (Å²) in [7, 11) is 0. The number of carbonyl (C=O) groups is 1. The van der Waals surface area contributed by atoms with E-state index in [4.69, 9.17) is 0 Å². The van der Waals surface area contributed by atoms with Crippen LogP contribution < -0.4 is 5.43 Å². The van der Waals surface area contributed by atoms with Crippen molar-refractivity contribution in [3.05, 3.63) is 0 Å². The number of amides is 1. The number of hydrogen-bond donors (Lipinski definition) is 0. The van der Waals surface area contributed by atoms with E-state index in [1.165, 1.54) is 5.01 Å². The summed E-state index contributed by atoms with van der Waals surface area (Å²) in [6.07, 6.45) is 3.01. The van der Waals surface area contributed by atoms with Crippen LogP contribution in [0.2, 0.25) is 0 Å². The zero-order chi connectivity index (χ0) is 5.82. The van der Waals surface area contributed by atoms with Crippen LogP contribution in [-0.4, -0.2) is 24.5 Å². The molecule has 1 aliphatic rings. The standard InChI is InChI=1S/C5H9N2O/c8-5-7-4-2-1-3-6-7/h5H,1-4H2. The molecule has 45 valence electrons. The molecule has 1 fully saturated rings. The zero-order valence-corrected chi connectivity index (χ0v) is 4.71. The molecule has 0 saturated carbocycles. The van der Waals surface area contributed by atoms with Gasteiger partial charge in [0.05, 0.1) is 0 Å². The van der Waals surface area contributed by atoms with Gasteiger partial charge < -0.3 is 0 Å². The quantitative estimate of drug-likeness (QED) is 0.432. The molecule has 1 radical (unpaired) electrons. The van der Waals surface area contributed by atoms with Crippen molar-refractivity contribution in [1.82, 2.24) is 10.4 Å². The second kappa shape index (κ2) is 2.67. The summed E-state index contributed by atoms with van der Waals surface area (Å²) in [5.41, 5.74) is 3.91. The van der Waals surface area contributed by atoms with Crippen molar-refractivity contribution in [1.29, 1.82) is 0 Å². The van der Waals surface area contributed by atoms with Gasteiger partial charge in [0.1, 0.15) is 0 Å². The lowest BCUT2D eigenvalue weighted by molar-refractivity contribution is -0.122. The van der Waals surface area contributed by atoms with Gasteiger partial charge in [0.15, 0.2) is 0 Å². The molecular formula is C5H9N2O. The number of rotatable bonds is 1. The van der Waals surface area contributed by atoms with Crippen LogP contribution >= 0.6 is 0 Å². The lowest BCUT2D eigenvalue weighted by Gasteiger charge is -2.20. The van der Waals surface area contributed by atoms with E-state index in [-0.39, 0.29) is 0 Å². The molecule has 1 rings (SSSR count). The van der Waals surface area contributed by atoms with E-state index in [0.717, 1.165) is 32.3 Å². The second-order valence-electron chi connectivity index (χ2n) is 1.84. The van der Waals surface area contributed by atoms with Gasteiger partial charge in [0.2, 0.25) is 6.41 Å². The van der Waals surface area contributed by atoms with Crippen LogP contribution in [0.3, 0.4) is 0 Å². The van der Waals surface area contributed by atoms with Gasteiger partial charge in [-0.25, -0.2) is 0 Å². The number of hydrogen-bond acceptors (Lipinski definition) is 1.